The molecule has 1 N–H and O–H groups in total. The Labute approximate surface area is 179 Å². The van der Waals surface area contributed by atoms with E-state index in [1.165, 1.54) is 12.3 Å². The molecule has 0 saturated carbocycles. The third-order valence-electron chi connectivity index (χ3n) is 3.90. The van der Waals surface area contributed by atoms with Gasteiger partial charge >= 0.3 is 6.18 Å². The molecule has 3 aromatic rings. The first-order valence-corrected chi connectivity index (χ1v) is 10.3. The van der Waals surface area contributed by atoms with Crippen molar-refractivity contribution in [3.8, 4) is 11.6 Å². The maximum atomic E-state index is 13.2. The Hall–Kier alpha value is -2.46. The number of furan rings is 1. The second-order valence-electron chi connectivity index (χ2n) is 6.81. The zero-order chi connectivity index (χ0) is 21.9. The maximum absolute atomic E-state index is 13.2. The van der Waals surface area contributed by atoms with Crippen molar-refractivity contribution in [2.45, 2.75) is 31.7 Å². The highest BCUT2D eigenvalue weighted by atomic mass is 35.5. The number of rotatable bonds is 7. The van der Waals surface area contributed by atoms with Gasteiger partial charge in [0.15, 0.2) is 16.7 Å². The van der Waals surface area contributed by atoms with Crippen LogP contribution >= 0.6 is 23.4 Å². The summed E-state index contributed by atoms with van der Waals surface area (Å²) in [4.78, 5) is 12.3. The first-order chi connectivity index (χ1) is 14.1. The molecule has 0 bridgehead atoms. The van der Waals surface area contributed by atoms with Gasteiger partial charge in [0.05, 0.1) is 23.3 Å². The third-order valence-corrected chi connectivity index (χ3v) is 5.10. The van der Waals surface area contributed by atoms with Crippen LogP contribution in [0.15, 0.2) is 46.2 Å². The number of thioether (sulfide) groups is 1. The molecule has 0 aliphatic rings. The van der Waals surface area contributed by atoms with Crippen molar-refractivity contribution in [1.29, 1.82) is 0 Å². The molecule has 0 saturated heterocycles. The number of alkyl halides is 3. The summed E-state index contributed by atoms with van der Waals surface area (Å²) in [6.45, 7) is 4.63. The number of nitrogens with zero attached hydrogens (tertiary/aromatic N) is 3. The van der Waals surface area contributed by atoms with Crippen LogP contribution in [0.3, 0.4) is 0 Å². The number of anilines is 1. The summed E-state index contributed by atoms with van der Waals surface area (Å²) in [5, 5.41) is 10.9. The van der Waals surface area contributed by atoms with Crippen molar-refractivity contribution < 1.29 is 22.4 Å². The van der Waals surface area contributed by atoms with Crippen LogP contribution in [-0.2, 0) is 17.5 Å². The smallest absolute Gasteiger partial charge is 0.418 e. The van der Waals surface area contributed by atoms with Gasteiger partial charge in [0.25, 0.3) is 0 Å². The minimum Gasteiger partial charge on any atom is -0.461 e. The lowest BCUT2D eigenvalue weighted by molar-refractivity contribution is -0.137. The predicted molar refractivity (Wildman–Crippen MR) is 108 cm³/mol. The summed E-state index contributed by atoms with van der Waals surface area (Å²) >= 11 is 6.74. The molecular weight excluding hydrogens is 441 g/mol. The Kier molecular flexibility index (Phi) is 6.77. The van der Waals surface area contributed by atoms with Gasteiger partial charge in [-0.3, -0.25) is 9.36 Å². The van der Waals surface area contributed by atoms with Crippen LogP contribution in [0.2, 0.25) is 5.02 Å². The van der Waals surface area contributed by atoms with Gasteiger partial charge in [-0.05, 0) is 36.2 Å². The SMILES string of the molecule is CC(C)Cn1c(SCC(=O)Nc2ccc(Cl)cc2C(F)(F)F)nnc1-c1ccco1. The standard InChI is InChI=1S/C19H18ClF3N4O2S/c1-11(2)9-27-17(15-4-3-7-29-15)25-26-18(27)30-10-16(28)24-14-6-5-12(20)8-13(14)19(21,22)23/h3-8,11H,9-10H2,1-2H3,(H,24,28). The number of hydrogen-bond donors (Lipinski definition) is 1. The Morgan fingerprint density at radius 2 is 2.07 bits per heavy atom. The molecule has 0 aliphatic heterocycles. The first-order valence-electron chi connectivity index (χ1n) is 8.91. The monoisotopic (exact) mass is 458 g/mol. The fourth-order valence-corrected chi connectivity index (χ4v) is 3.61. The summed E-state index contributed by atoms with van der Waals surface area (Å²) < 4.78 is 46.8. The topological polar surface area (TPSA) is 73.0 Å². The van der Waals surface area contributed by atoms with E-state index in [-0.39, 0.29) is 22.4 Å². The predicted octanol–water partition coefficient (Wildman–Crippen LogP) is 5.60. The second-order valence-corrected chi connectivity index (χ2v) is 8.19. The molecule has 0 atom stereocenters. The van der Waals surface area contributed by atoms with Crippen LogP contribution in [0.5, 0.6) is 0 Å². The molecule has 2 heterocycles. The molecule has 0 unspecified atom stereocenters. The van der Waals surface area contributed by atoms with E-state index in [1.807, 2.05) is 18.4 Å². The normalized spacial score (nSPS) is 11.8. The van der Waals surface area contributed by atoms with Crippen LogP contribution in [0.4, 0.5) is 18.9 Å². The number of hydrogen-bond acceptors (Lipinski definition) is 5. The Balaban J connectivity index is 1.74. The second kappa shape index (κ2) is 9.13. The van der Waals surface area contributed by atoms with E-state index < -0.39 is 17.6 Å². The molecule has 0 fully saturated rings. The van der Waals surface area contributed by atoms with Gasteiger partial charge in [-0.15, -0.1) is 10.2 Å². The molecular formula is C19H18ClF3N4O2S. The van der Waals surface area contributed by atoms with Crippen molar-refractivity contribution in [1.82, 2.24) is 14.8 Å². The number of carbonyl (C=O) groups is 1. The molecule has 30 heavy (non-hydrogen) atoms. The minimum absolute atomic E-state index is 0.0676. The van der Waals surface area contributed by atoms with E-state index in [0.29, 0.717) is 23.3 Å². The zero-order valence-corrected chi connectivity index (χ0v) is 17.6. The fourth-order valence-electron chi connectivity index (χ4n) is 2.69. The number of halogens is 4. The lowest BCUT2D eigenvalue weighted by Gasteiger charge is -2.14. The van der Waals surface area contributed by atoms with Crippen molar-refractivity contribution in [3.63, 3.8) is 0 Å². The number of aromatic nitrogens is 3. The van der Waals surface area contributed by atoms with Gasteiger partial charge in [0.1, 0.15) is 0 Å². The lowest BCUT2D eigenvalue weighted by Crippen LogP contribution is -2.18. The fraction of sp³-hybridized carbons (Fsp3) is 0.316. The van der Waals surface area contributed by atoms with Crippen LogP contribution in [-0.4, -0.2) is 26.4 Å². The van der Waals surface area contributed by atoms with Crippen molar-refractivity contribution >= 4 is 35.0 Å². The van der Waals surface area contributed by atoms with Gasteiger partial charge in [-0.25, -0.2) is 0 Å². The van der Waals surface area contributed by atoms with Gasteiger partial charge in [-0.1, -0.05) is 37.2 Å². The average Bonchev–Trinajstić information content (AvgIpc) is 3.30. The molecule has 6 nitrogen and oxygen atoms in total. The maximum Gasteiger partial charge on any atom is 0.418 e. The molecule has 1 aromatic carbocycles. The van der Waals surface area contributed by atoms with Crippen molar-refractivity contribution in [3.05, 3.63) is 47.2 Å². The number of amides is 1. The Morgan fingerprint density at radius 3 is 2.70 bits per heavy atom. The van der Waals surface area contributed by atoms with Crippen molar-refractivity contribution in [2.24, 2.45) is 5.92 Å². The third kappa shape index (κ3) is 5.37. The molecule has 0 radical (unpaired) electrons. The molecule has 11 heteroatoms. The molecule has 3 rings (SSSR count). The van der Waals surface area contributed by atoms with E-state index in [1.54, 1.807) is 12.1 Å². The summed E-state index contributed by atoms with van der Waals surface area (Å²) in [5.74, 6) is 0.579. The van der Waals surface area contributed by atoms with E-state index >= 15 is 0 Å². The van der Waals surface area contributed by atoms with Gasteiger partial charge in [0, 0.05) is 11.6 Å². The minimum atomic E-state index is -4.64. The van der Waals surface area contributed by atoms with E-state index in [2.05, 4.69) is 15.5 Å². The van der Waals surface area contributed by atoms with Gasteiger partial charge < -0.3 is 9.73 Å². The Morgan fingerprint density at radius 1 is 1.30 bits per heavy atom. The highest BCUT2D eigenvalue weighted by Gasteiger charge is 2.34. The molecule has 0 aliphatic carbocycles. The molecule has 160 valence electrons. The summed E-state index contributed by atoms with van der Waals surface area (Å²) in [6.07, 6.45) is -3.12. The summed E-state index contributed by atoms with van der Waals surface area (Å²) in [6, 6.07) is 6.67. The number of carbonyl (C=O) groups excluding carboxylic acids is 1. The number of benzene rings is 1. The largest absolute Gasteiger partial charge is 0.461 e. The van der Waals surface area contributed by atoms with Crippen LogP contribution in [0.1, 0.15) is 19.4 Å². The Bertz CT molecular complexity index is 1020. The average molecular weight is 459 g/mol. The van der Waals surface area contributed by atoms with Crippen molar-refractivity contribution in [2.75, 3.05) is 11.1 Å². The van der Waals surface area contributed by atoms with Crippen LogP contribution in [0.25, 0.3) is 11.6 Å². The zero-order valence-electron chi connectivity index (χ0n) is 16.0. The van der Waals surface area contributed by atoms with Gasteiger partial charge in [0.2, 0.25) is 5.91 Å². The molecule has 1 amide bonds. The summed E-state index contributed by atoms with van der Waals surface area (Å²) in [7, 11) is 0. The first kappa shape index (κ1) is 22.2. The highest BCUT2D eigenvalue weighted by Crippen LogP contribution is 2.36. The van der Waals surface area contributed by atoms with E-state index in [9.17, 15) is 18.0 Å². The van der Waals surface area contributed by atoms with Gasteiger partial charge in [-0.2, -0.15) is 13.2 Å². The number of nitrogens with one attached hydrogen (secondary N) is 1. The van der Waals surface area contributed by atoms with E-state index in [4.69, 9.17) is 16.0 Å². The molecule has 2 aromatic heterocycles. The summed E-state index contributed by atoms with van der Waals surface area (Å²) in [5.41, 5.74) is -1.35. The lowest BCUT2D eigenvalue weighted by atomic mass is 10.1. The highest BCUT2D eigenvalue weighted by molar-refractivity contribution is 7.99. The van der Waals surface area contributed by atoms with Crippen LogP contribution < -0.4 is 5.32 Å². The molecule has 0 spiro atoms. The van der Waals surface area contributed by atoms with E-state index in [0.717, 1.165) is 23.9 Å². The van der Waals surface area contributed by atoms with Crippen LogP contribution in [0, 0.1) is 5.92 Å². The quantitative estimate of drug-likeness (QED) is 0.467.